The molecule has 1 aromatic carbocycles. The van der Waals surface area contributed by atoms with E-state index in [9.17, 15) is 0 Å². The van der Waals surface area contributed by atoms with Crippen molar-refractivity contribution >= 4 is 0 Å². The second-order valence-electron chi connectivity index (χ2n) is 6.10. The first-order chi connectivity index (χ1) is 12.9. The summed E-state index contributed by atoms with van der Waals surface area (Å²) in [4.78, 5) is 4.11. The summed E-state index contributed by atoms with van der Waals surface area (Å²) in [6.45, 7) is 5.43. The topological polar surface area (TPSA) is 52.0 Å². The summed E-state index contributed by atoms with van der Waals surface area (Å²) in [5, 5.41) is 8.35. The normalized spacial score (nSPS) is 11.0. The number of hydrogen-bond acceptors (Lipinski definition) is 4. The van der Waals surface area contributed by atoms with Gasteiger partial charge in [0, 0.05) is 49.5 Å². The fraction of sp³-hybridized carbons (Fsp3) is 0.333. The Balaban J connectivity index is 1.70. The summed E-state index contributed by atoms with van der Waals surface area (Å²) in [6.07, 6.45) is 7.92. The van der Waals surface area contributed by atoms with Crippen molar-refractivity contribution in [3.8, 4) is 16.9 Å². The summed E-state index contributed by atoms with van der Waals surface area (Å²) < 4.78 is 7.33. The second-order valence-corrected chi connectivity index (χ2v) is 6.10. The van der Waals surface area contributed by atoms with Crippen molar-refractivity contribution in [2.24, 2.45) is 0 Å². The highest BCUT2D eigenvalue weighted by Gasteiger charge is 2.11. The van der Waals surface area contributed by atoms with Gasteiger partial charge in [0.25, 0.3) is 0 Å². The van der Waals surface area contributed by atoms with E-state index in [0.717, 1.165) is 56.1 Å². The number of para-hydroxylation sites is 1. The Morgan fingerprint density at radius 1 is 1.04 bits per heavy atom. The SMILES string of the molecule is CCOCCCCNCc1cn(-c2ccccc2)nc1-c1ccncc1. The third kappa shape index (κ3) is 5.00. The summed E-state index contributed by atoms with van der Waals surface area (Å²) in [5.74, 6) is 0. The molecule has 2 aromatic heterocycles. The van der Waals surface area contributed by atoms with Crippen molar-refractivity contribution in [2.75, 3.05) is 19.8 Å². The van der Waals surface area contributed by atoms with Crippen LogP contribution in [0.25, 0.3) is 16.9 Å². The maximum absolute atomic E-state index is 5.38. The monoisotopic (exact) mass is 350 g/mol. The molecule has 0 aliphatic heterocycles. The predicted octanol–water partition coefficient (Wildman–Crippen LogP) is 3.84. The van der Waals surface area contributed by atoms with Crippen LogP contribution in [-0.2, 0) is 11.3 Å². The third-order valence-electron chi connectivity index (χ3n) is 4.18. The third-order valence-corrected chi connectivity index (χ3v) is 4.18. The standard InChI is InChI=1S/C21H26N4O/c1-2-26-15-7-6-12-23-16-19-17-25(20-8-4-3-5-9-20)24-21(19)18-10-13-22-14-11-18/h3-5,8-11,13-14,17,23H,2,6-7,12,15-16H2,1H3. The average molecular weight is 350 g/mol. The number of pyridine rings is 1. The van der Waals surface area contributed by atoms with Crippen molar-refractivity contribution in [2.45, 2.75) is 26.3 Å². The lowest BCUT2D eigenvalue weighted by Gasteiger charge is -2.05. The predicted molar refractivity (Wildman–Crippen MR) is 104 cm³/mol. The number of aromatic nitrogens is 3. The van der Waals surface area contributed by atoms with Gasteiger partial charge in [0.05, 0.1) is 11.4 Å². The van der Waals surface area contributed by atoms with Gasteiger partial charge in [-0.05, 0) is 50.6 Å². The lowest BCUT2D eigenvalue weighted by Crippen LogP contribution is -2.15. The Hall–Kier alpha value is -2.50. The molecule has 0 saturated heterocycles. The highest BCUT2D eigenvalue weighted by molar-refractivity contribution is 5.62. The lowest BCUT2D eigenvalue weighted by molar-refractivity contribution is 0.143. The van der Waals surface area contributed by atoms with Crippen molar-refractivity contribution in [1.29, 1.82) is 0 Å². The molecule has 0 aliphatic rings. The maximum atomic E-state index is 5.38. The molecule has 2 heterocycles. The molecule has 26 heavy (non-hydrogen) atoms. The van der Waals surface area contributed by atoms with Gasteiger partial charge in [0.2, 0.25) is 0 Å². The Morgan fingerprint density at radius 3 is 2.62 bits per heavy atom. The van der Waals surface area contributed by atoms with Crippen molar-refractivity contribution in [1.82, 2.24) is 20.1 Å². The van der Waals surface area contributed by atoms with Gasteiger partial charge in [0.15, 0.2) is 0 Å². The molecule has 0 bridgehead atoms. The quantitative estimate of drug-likeness (QED) is 0.565. The van der Waals surface area contributed by atoms with Gasteiger partial charge < -0.3 is 10.1 Å². The summed E-state index contributed by atoms with van der Waals surface area (Å²) >= 11 is 0. The average Bonchev–Trinajstić information content (AvgIpc) is 3.13. The first-order valence-corrected chi connectivity index (χ1v) is 9.21. The van der Waals surface area contributed by atoms with Gasteiger partial charge in [-0.25, -0.2) is 4.68 Å². The largest absolute Gasteiger partial charge is 0.382 e. The van der Waals surface area contributed by atoms with Crippen LogP contribution in [-0.4, -0.2) is 34.5 Å². The molecule has 0 saturated carbocycles. The zero-order chi connectivity index (χ0) is 18.0. The number of nitrogens with one attached hydrogen (secondary N) is 1. The minimum Gasteiger partial charge on any atom is -0.382 e. The van der Waals surface area contributed by atoms with Crippen LogP contribution in [0.15, 0.2) is 61.1 Å². The first-order valence-electron chi connectivity index (χ1n) is 9.21. The fourth-order valence-corrected chi connectivity index (χ4v) is 2.83. The molecular formula is C21H26N4O. The summed E-state index contributed by atoms with van der Waals surface area (Å²) in [7, 11) is 0. The lowest BCUT2D eigenvalue weighted by atomic mass is 10.1. The van der Waals surface area contributed by atoms with Crippen LogP contribution >= 0.6 is 0 Å². The van der Waals surface area contributed by atoms with Crippen LogP contribution in [0.4, 0.5) is 0 Å². The van der Waals surface area contributed by atoms with Crippen LogP contribution < -0.4 is 5.32 Å². The minimum atomic E-state index is 0.791. The van der Waals surface area contributed by atoms with E-state index in [0.29, 0.717) is 0 Å². The molecule has 0 atom stereocenters. The molecule has 0 fully saturated rings. The van der Waals surface area contributed by atoms with Crippen LogP contribution in [0.2, 0.25) is 0 Å². The molecule has 0 amide bonds. The Labute approximate surface area is 155 Å². The van der Waals surface area contributed by atoms with E-state index >= 15 is 0 Å². The van der Waals surface area contributed by atoms with Crippen molar-refractivity contribution < 1.29 is 4.74 Å². The van der Waals surface area contributed by atoms with Crippen molar-refractivity contribution in [3.05, 3.63) is 66.6 Å². The molecule has 0 unspecified atom stereocenters. The molecule has 136 valence electrons. The smallest absolute Gasteiger partial charge is 0.0973 e. The number of ether oxygens (including phenoxy) is 1. The van der Waals surface area contributed by atoms with Crippen LogP contribution in [0, 0.1) is 0 Å². The van der Waals surface area contributed by atoms with Gasteiger partial charge in [-0.1, -0.05) is 18.2 Å². The number of rotatable bonds is 10. The molecule has 0 aliphatic carbocycles. The Kier molecular flexibility index (Phi) is 6.93. The van der Waals surface area contributed by atoms with E-state index < -0.39 is 0 Å². The van der Waals surface area contributed by atoms with Gasteiger partial charge in [0.1, 0.15) is 0 Å². The maximum Gasteiger partial charge on any atom is 0.0973 e. The van der Waals surface area contributed by atoms with Gasteiger partial charge >= 0.3 is 0 Å². The highest BCUT2D eigenvalue weighted by Crippen LogP contribution is 2.23. The number of nitrogens with zero attached hydrogens (tertiary/aromatic N) is 3. The summed E-state index contributed by atoms with van der Waals surface area (Å²) in [6, 6.07) is 14.2. The zero-order valence-corrected chi connectivity index (χ0v) is 15.3. The van der Waals surface area contributed by atoms with Crippen LogP contribution in [0.1, 0.15) is 25.3 Å². The van der Waals surface area contributed by atoms with E-state index in [1.807, 2.05) is 54.3 Å². The van der Waals surface area contributed by atoms with Crippen LogP contribution in [0.3, 0.4) is 0 Å². The van der Waals surface area contributed by atoms with E-state index in [1.165, 1.54) is 5.56 Å². The minimum absolute atomic E-state index is 0.791. The number of hydrogen-bond donors (Lipinski definition) is 1. The molecule has 3 aromatic rings. The molecule has 5 heteroatoms. The van der Waals surface area contributed by atoms with E-state index in [4.69, 9.17) is 9.84 Å². The molecule has 3 rings (SSSR count). The van der Waals surface area contributed by atoms with Crippen molar-refractivity contribution in [3.63, 3.8) is 0 Å². The van der Waals surface area contributed by atoms with Crippen LogP contribution in [0.5, 0.6) is 0 Å². The Bertz CT molecular complexity index is 771. The molecule has 1 N–H and O–H groups in total. The molecule has 5 nitrogen and oxygen atoms in total. The van der Waals surface area contributed by atoms with E-state index in [2.05, 4.69) is 28.6 Å². The molecule has 0 spiro atoms. The Morgan fingerprint density at radius 2 is 1.85 bits per heavy atom. The fourth-order valence-electron chi connectivity index (χ4n) is 2.83. The zero-order valence-electron chi connectivity index (χ0n) is 15.3. The van der Waals surface area contributed by atoms with E-state index in [-0.39, 0.29) is 0 Å². The van der Waals surface area contributed by atoms with Gasteiger partial charge in [-0.15, -0.1) is 0 Å². The highest BCUT2D eigenvalue weighted by atomic mass is 16.5. The van der Waals surface area contributed by atoms with Gasteiger partial charge in [-0.3, -0.25) is 4.98 Å². The number of unbranched alkanes of at least 4 members (excludes halogenated alkanes) is 1. The number of benzene rings is 1. The second kappa shape index (κ2) is 9.85. The summed E-state index contributed by atoms with van der Waals surface area (Å²) in [5.41, 5.74) is 4.33. The molecule has 0 radical (unpaired) electrons. The van der Waals surface area contributed by atoms with E-state index in [1.54, 1.807) is 0 Å². The van der Waals surface area contributed by atoms with Gasteiger partial charge in [-0.2, -0.15) is 5.10 Å². The first kappa shape index (κ1) is 18.3. The molecular weight excluding hydrogens is 324 g/mol.